The minimum Gasteiger partial charge on any atom is -0.352 e. The van der Waals surface area contributed by atoms with Gasteiger partial charge in [-0.3, -0.25) is 9.59 Å². The van der Waals surface area contributed by atoms with E-state index < -0.39 is 0 Å². The van der Waals surface area contributed by atoms with Crippen molar-refractivity contribution in [3.8, 4) is 0 Å². The van der Waals surface area contributed by atoms with Gasteiger partial charge in [-0.1, -0.05) is 36.8 Å². The first kappa shape index (κ1) is 15.0. The van der Waals surface area contributed by atoms with E-state index in [1.807, 2.05) is 30.3 Å². The second-order valence-electron chi connectivity index (χ2n) is 6.33. The van der Waals surface area contributed by atoms with Crippen LogP contribution in [0.15, 0.2) is 30.3 Å². The number of carbonyl (C=O) groups excluding carboxylic acids is 2. The molecule has 1 aromatic rings. The second-order valence-corrected chi connectivity index (χ2v) is 6.33. The number of rotatable bonds is 4. The lowest BCUT2D eigenvalue weighted by atomic mass is 9.87. The highest BCUT2D eigenvalue weighted by Crippen LogP contribution is 2.18. The summed E-state index contributed by atoms with van der Waals surface area (Å²) in [7, 11) is 0. The standard InChI is InChI=1S/C17H23N3O2/c21-16(18-11-12-6-2-1-3-7-12)10-15-17(22)20-14-9-5-4-8-13(14)19-15/h1-3,6-7,13-15,19H,4-5,8-11H2,(H,18,21)(H,20,22)/p+1/t13-,14+,15+/m1/s1. The Morgan fingerprint density at radius 1 is 1.23 bits per heavy atom. The molecular formula is C17H24N3O2+. The van der Waals surface area contributed by atoms with Gasteiger partial charge in [-0.15, -0.1) is 0 Å². The van der Waals surface area contributed by atoms with E-state index in [0.29, 0.717) is 18.6 Å². The van der Waals surface area contributed by atoms with Crippen molar-refractivity contribution in [3.63, 3.8) is 0 Å². The number of hydrogen-bond acceptors (Lipinski definition) is 2. The van der Waals surface area contributed by atoms with Gasteiger partial charge in [-0.25, -0.2) is 0 Å². The molecule has 1 aliphatic carbocycles. The van der Waals surface area contributed by atoms with Crippen molar-refractivity contribution in [3.05, 3.63) is 35.9 Å². The first-order valence-corrected chi connectivity index (χ1v) is 8.18. The first-order chi connectivity index (χ1) is 10.7. The van der Waals surface area contributed by atoms with Gasteiger partial charge in [0.1, 0.15) is 6.04 Å². The van der Waals surface area contributed by atoms with Crippen molar-refractivity contribution >= 4 is 11.8 Å². The van der Waals surface area contributed by atoms with E-state index >= 15 is 0 Å². The fraction of sp³-hybridized carbons (Fsp3) is 0.529. The third-order valence-electron chi connectivity index (χ3n) is 4.70. The number of quaternary nitrogens is 1. The van der Waals surface area contributed by atoms with Crippen LogP contribution in [0, 0.1) is 0 Å². The quantitative estimate of drug-likeness (QED) is 0.736. The highest BCUT2D eigenvalue weighted by molar-refractivity contribution is 5.87. The molecule has 0 radical (unpaired) electrons. The molecule has 3 rings (SSSR count). The third kappa shape index (κ3) is 3.65. The molecule has 3 atom stereocenters. The van der Waals surface area contributed by atoms with E-state index in [9.17, 15) is 9.59 Å². The van der Waals surface area contributed by atoms with E-state index in [0.717, 1.165) is 18.4 Å². The SMILES string of the molecule is O=C(C[C@@H]1[NH2+][C@@H]2CCCC[C@@H]2NC1=O)NCc1ccccc1. The fourth-order valence-electron chi connectivity index (χ4n) is 3.47. The van der Waals surface area contributed by atoms with Crippen molar-refractivity contribution in [2.24, 2.45) is 0 Å². The summed E-state index contributed by atoms with van der Waals surface area (Å²) < 4.78 is 0. The molecule has 0 aromatic heterocycles. The summed E-state index contributed by atoms with van der Waals surface area (Å²) in [6, 6.07) is 10.3. The normalized spacial score (nSPS) is 27.6. The number of hydrogen-bond donors (Lipinski definition) is 3. The molecule has 2 aliphatic rings. The summed E-state index contributed by atoms with van der Waals surface area (Å²) in [5.74, 6) is -0.0486. The van der Waals surface area contributed by atoms with Crippen molar-refractivity contribution in [1.29, 1.82) is 0 Å². The van der Waals surface area contributed by atoms with Crippen LogP contribution in [0.1, 0.15) is 37.7 Å². The average Bonchev–Trinajstić information content (AvgIpc) is 2.55. The molecule has 1 aliphatic heterocycles. The van der Waals surface area contributed by atoms with Gasteiger partial charge in [0, 0.05) is 13.0 Å². The molecule has 1 aromatic carbocycles. The summed E-state index contributed by atoms with van der Waals surface area (Å²) in [6.45, 7) is 0.514. The molecule has 5 heteroatoms. The lowest BCUT2D eigenvalue weighted by Gasteiger charge is -2.37. The highest BCUT2D eigenvalue weighted by Gasteiger charge is 2.40. The Balaban J connectivity index is 1.49. The minimum atomic E-state index is -0.282. The van der Waals surface area contributed by atoms with Gasteiger partial charge >= 0.3 is 0 Å². The predicted molar refractivity (Wildman–Crippen MR) is 82.8 cm³/mol. The highest BCUT2D eigenvalue weighted by atomic mass is 16.2. The Labute approximate surface area is 130 Å². The second kappa shape index (κ2) is 6.92. The van der Waals surface area contributed by atoms with Crippen LogP contribution < -0.4 is 16.0 Å². The Bertz CT molecular complexity index is 532. The number of benzene rings is 1. The van der Waals surface area contributed by atoms with E-state index in [-0.39, 0.29) is 24.3 Å². The van der Waals surface area contributed by atoms with E-state index in [1.54, 1.807) is 0 Å². The molecule has 4 N–H and O–H groups in total. The molecule has 1 saturated heterocycles. The van der Waals surface area contributed by atoms with Crippen molar-refractivity contribution < 1.29 is 14.9 Å². The zero-order valence-corrected chi connectivity index (χ0v) is 12.8. The van der Waals surface area contributed by atoms with Crippen molar-refractivity contribution in [2.75, 3.05) is 0 Å². The van der Waals surface area contributed by atoms with Crippen LogP contribution in [-0.4, -0.2) is 29.9 Å². The molecule has 5 nitrogen and oxygen atoms in total. The summed E-state index contributed by atoms with van der Waals surface area (Å²) in [4.78, 5) is 24.2. The molecule has 2 amide bonds. The lowest BCUT2D eigenvalue weighted by molar-refractivity contribution is -0.718. The average molecular weight is 302 g/mol. The summed E-state index contributed by atoms with van der Waals surface area (Å²) >= 11 is 0. The van der Waals surface area contributed by atoms with Gasteiger partial charge in [0.2, 0.25) is 5.91 Å². The monoisotopic (exact) mass is 302 g/mol. The lowest BCUT2D eigenvalue weighted by Crippen LogP contribution is -3.03. The zero-order valence-electron chi connectivity index (χ0n) is 12.8. The fourth-order valence-corrected chi connectivity index (χ4v) is 3.47. The van der Waals surface area contributed by atoms with Crippen molar-refractivity contribution in [2.45, 2.75) is 56.8 Å². The summed E-state index contributed by atoms with van der Waals surface area (Å²) in [6.07, 6.45) is 4.87. The smallest absolute Gasteiger partial charge is 0.279 e. The maximum atomic E-state index is 12.1. The van der Waals surface area contributed by atoms with Crippen LogP contribution in [0.3, 0.4) is 0 Å². The molecule has 2 fully saturated rings. The van der Waals surface area contributed by atoms with Crippen LogP contribution in [0.5, 0.6) is 0 Å². The van der Waals surface area contributed by atoms with Gasteiger partial charge in [0.15, 0.2) is 6.04 Å². The Morgan fingerprint density at radius 3 is 2.82 bits per heavy atom. The number of carbonyl (C=O) groups is 2. The van der Waals surface area contributed by atoms with Crippen LogP contribution in [0.4, 0.5) is 0 Å². The van der Waals surface area contributed by atoms with Gasteiger partial charge in [0.05, 0.1) is 12.5 Å². The van der Waals surface area contributed by atoms with Gasteiger partial charge < -0.3 is 16.0 Å². The van der Waals surface area contributed by atoms with E-state index in [1.165, 1.54) is 12.8 Å². The Kier molecular flexibility index (Phi) is 4.73. The third-order valence-corrected chi connectivity index (χ3v) is 4.70. The maximum Gasteiger partial charge on any atom is 0.279 e. The van der Waals surface area contributed by atoms with Gasteiger partial charge in [-0.2, -0.15) is 0 Å². The molecule has 1 heterocycles. The number of piperazine rings is 1. The number of fused-ring (bicyclic) bond motifs is 1. The van der Waals surface area contributed by atoms with E-state index in [4.69, 9.17) is 0 Å². The van der Waals surface area contributed by atoms with Gasteiger partial charge in [-0.05, 0) is 18.4 Å². The van der Waals surface area contributed by atoms with Crippen molar-refractivity contribution in [1.82, 2.24) is 10.6 Å². The maximum absolute atomic E-state index is 12.1. The minimum absolute atomic E-state index is 0.0120. The first-order valence-electron chi connectivity index (χ1n) is 8.18. The van der Waals surface area contributed by atoms with Gasteiger partial charge in [0.25, 0.3) is 5.91 Å². The summed E-state index contributed by atoms with van der Waals surface area (Å²) in [5, 5.41) is 8.11. The molecule has 0 spiro atoms. The topological polar surface area (TPSA) is 74.8 Å². The number of nitrogens with one attached hydrogen (secondary N) is 2. The predicted octanol–water partition coefficient (Wildman–Crippen LogP) is 0.0659. The number of amides is 2. The molecule has 0 bridgehead atoms. The molecule has 0 unspecified atom stereocenters. The molecule has 22 heavy (non-hydrogen) atoms. The van der Waals surface area contributed by atoms with Crippen LogP contribution in [0.25, 0.3) is 0 Å². The van der Waals surface area contributed by atoms with Crippen LogP contribution in [0.2, 0.25) is 0 Å². The largest absolute Gasteiger partial charge is 0.352 e. The molecule has 1 saturated carbocycles. The summed E-state index contributed by atoms with van der Waals surface area (Å²) in [5.41, 5.74) is 1.07. The Morgan fingerprint density at radius 2 is 2.00 bits per heavy atom. The van der Waals surface area contributed by atoms with Crippen LogP contribution >= 0.6 is 0 Å². The van der Waals surface area contributed by atoms with E-state index in [2.05, 4.69) is 16.0 Å². The number of nitrogens with two attached hydrogens (primary N) is 1. The molecule has 118 valence electrons. The molecular weight excluding hydrogens is 278 g/mol. The Hall–Kier alpha value is -1.88. The van der Waals surface area contributed by atoms with Crippen LogP contribution in [-0.2, 0) is 16.1 Å². The zero-order chi connectivity index (χ0) is 15.4.